The lowest BCUT2D eigenvalue weighted by atomic mass is 10.0. The first kappa shape index (κ1) is 14.8. The molecular formula is C16H17N5O3. The SMILES string of the molecule is CCc1noc(C2(O)CCN(c3cc(=O)n4ccccc4n3)C2)n1. The van der Waals surface area contributed by atoms with E-state index >= 15 is 0 Å². The molecule has 3 aromatic heterocycles. The number of anilines is 1. The second-order valence-corrected chi connectivity index (χ2v) is 5.95. The predicted octanol–water partition coefficient (Wildman–Crippen LogP) is 0.738. The third-order valence-electron chi connectivity index (χ3n) is 4.31. The minimum absolute atomic E-state index is 0.155. The van der Waals surface area contributed by atoms with E-state index in [1.165, 1.54) is 10.5 Å². The van der Waals surface area contributed by atoms with Gasteiger partial charge in [0.05, 0.1) is 6.54 Å². The molecule has 24 heavy (non-hydrogen) atoms. The molecule has 8 nitrogen and oxygen atoms in total. The Balaban J connectivity index is 1.66. The molecule has 1 N–H and O–H groups in total. The van der Waals surface area contributed by atoms with E-state index in [2.05, 4.69) is 15.1 Å². The molecule has 0 radical (unpaired) electrons. The maximum atomic E-state index is 12.2. The number of aromatic nitrogens is 4. The van der Waals surface area contributed by atoms with Crippen molar-refractivity contribution >= 4 is 11.5 Å². The molecule has 1 aliphatic rings. The number of hydrogen-bond acceptors (Lipinski definition) is 7. The minimum atomic E-state index is -1.22. The van der Waals surface area contributed by atoms with Gasteiger partial charge in [-0.25, -0.2) is 4.98 Å². The molecule has 0 aliphatic carbocycles. The van der Waals surface area contributed by atoms with Crippen molar-refractivity contribution in [2.24, 2.45) is 0 Å². The maximum absolute atomic E-state index is 12.2. The van der Waals surface area contributed by atoms with Gasteiger partial charge in [-0.05, 0) is 12.1 Å². The zero-order valence-electron chi connectivity index (χ0n) is 13.2. The van der Waals surface area contributed by atoms with Crippen LogP contribution in [0.4, 0.5) is 5.82 Å². The summed E-state index contributed by atoms with van der Waals surface area (Å²) in [5.41, 5.74) is -0.803. The summed E-state index contributed by atoms with van der Waals surface area (Å²) in [4.78, 5) is 22.8. The summed E-state index contributed by atoms with van der Waals surface area (Å²) in [6.45, 7) is 2.73. The number of β-amino-alcohol motifs (C(OH)–C–C–N with tert-alkyl or cyclic N) is 1. The fourth-order valence-corrected chi connectivity index (χ4v) is 2.95. The smallest absolute Gasteiger partial charge is 0.260 e. The summed E-state index contributed by atoms with van der Waals surface area (Å²) >= 11 is 0. The molecule has 1 atom stereocenters. The fraction of sp³-hybridized carbons (Fsp3) is 0.375. The van der Waals surface area contributed by atoms with Gasteiger partial charge in [0.1, 0.15) is 11.5 Å². The van der Waals surface area contributed by atoms with Gasteiger partial charge < -0.3 is 14.5 Å². The van der Waals surface area contributed by atoms with Gasteiger partial charge >= 0.3 is 0 Å². The largest absolute Gasteiger partial charge is 0.378 e. The van der Waals surface area contributed by atoms with E-state index in [0.717, 1.165) is 0 Å². The highest BCUT2D eigenvalue weighted by Gasteiger charge is 2.43. The highest BCUT2D eigenvalue weighted by Crippen LogP contribution is 2.32. The van der Waals surface area contributed by atoms with E-state index in [1.807, 2.05) is 17.9 Å². The fourth-order valence-electron chi connectivity index (χ4n) is 2.95. The van der Waals surface area contributed by atoms with Crippen molar-refractivity contribution in [2.45, 2.75) is 25.4 Å². The monoisotopic (exact) mass is 327 g/mol. The van der Waals surface area contributed by atoms with Gasteiger partial charge in [-0.1, -0.05) is 18.1 Å². The van der Waals surface area contributed by atoms with Gasteiger partial charge in [-0.15, -0.1) is 0 Å². The Kier molecular flexibility index (Phi) is 3.34. The van der Waals surface area contributed by atoms with Crippen molar-refractivity contribution < 1.29 is 9.63 Å². The lowest BCUT2D eigenvalue weighted by Gasteiger charge is -2.20. The lowest BCUT2D eigenvalue weighted by Crippen LogP contribution is -2.32. The molecule has 1 unspecified atom stereocenters. The molecule has 124 valence electrons. The number of pyridine rings is 1. The number of rotatable bonds is 3. The predicted molar refractivity (Wildman–Crippen MR) is 85.9 cm³/mol. The molecule has 4 rings (SSSR count). The molecule has 0 amide bonds. The number of aliphatic hydroxyl groups is 1. The van der Waals surface area contributed by atoms with Crippen LogP contribution in [0.3, 0.4) is 0 Å². The van der Waals surface area contributed by atoms with Crippen LogP contribution in [0.15, 0.2) is 39.8 Å². The third-order valence-corrected chi connectivity index (χ3v) is 4.31. The summed E-state index contributed by atoms with van der Waals surface area (Å²) in [7, 11) is 0. The average molecular weight is 327 g/mol. The molecule has 4 heterocycles. The van der Waals surface area contributed by atoms with Crippen LogP contribution in [0, 0.1) is 0 Å². The molecule has 0 bridgehead atoms. The maximum Gasteiger partial charge on any atom is 0.260 e. The summed E-state index contributed by atoms with van der Waals surface area (Å²) in [5.74, 6) is 1.33. The van der Waals surface area contributed by atoms with Crippen LogP contribution in [0.1, 0.15) is 25.1 Å². The van der Waals surface area contributed by atoms with Crippen molar-refractivity contribution in [3.8, 4) is 0 Å². The second kappa shape index (κ2) is 5.41. The Bertz CT molecular complexity index is 950. The molecular weight excluding hydrogens is 310 g/mol. The molecule has 0 saturated carbocycles. The first-order valence-corrected chi connectivity index (χ1v) is 7.88. The summed E-state index contributed by atoms with van der Waals surface area (Å²) in [6.07, 6.45) is 2.76. The highest BCUT2D eigenvalue weighted by molar-refractivity contribution is 5.49. The van der Waals surface area contributed by atoms with Crippen LogP contribution in [0.25, 0.3) is 5.65 Å². The van der Waals surface area contributed by atoms with Gasteiger partial charge in [0.15, 0.2) is 11.4 Å². The van der Waals surface area contributed by atoms with Crippen molar-refractivity contribution in [1.29, 1.82) is 0 Å². The van der Waals surface area contributed by atoms with Crippen molar-refractivity contribution in [3.05, 3.63) is 52.5 Å². The Hall–Kier alpha value is -2.74. The van der Waals surface area contributed by atoms with E-state index in [-0.39, 0.29) is 18.0 Å². The second-order valence-electron chi connectivity index (χ2n) is 5.95. The third kappa shape index (κ3) is 2.35. The van der Waals surface area contributed by atoms with Gasteiger partial charge in [-0.3, -0.25) is 9.20 Å². The van der Waals surface area contributed by atoms with Crippen molar-refractivity contribution in [3.63, 3.8) is 0 Å². The number of hydrogen-bond donors (Lipinski definition) is 1. The average Bonchev–Trinajstić information content (AvgIpc) is 3.22. The molecule has 3 aromatic rings. The summed E-state index contributed by atoms with van der Waals surface area (Å²) in [6, 6.07) is 6.87. The Morgan fingerprint density at radius 2 is 2.25 bits per heavy atom. The van der Waals surface area contributed by atoms with Gasteiger partial charge in [0, 0.05) is 31.6 Å². The van der Waals surface area contributed by atoms with Crippen molar-refractivity contribution in [2.75, 3.05) is 18.0 Å². The topological polar surface area (TPSA) is 96.8 Å². The number of fused-ring (bicyclic) bond motifs is 1. The van der Waals surface area contributed by atoms with E-state index in [1.54, 1.807) is 18.3 Å². The van der Waals surface area contributed by atoms with Crippen LogP contribution in [-0.4, -0.2) is 37.7 Å². The zero-order chi connectivity index (χ0) is 16.7. The Morgan fingerprint density at radius 1 is 1.38 bits per heavy atom. The van der Waals surface area contributed by atoms with Crippen LogP contribution >= 0.6 is 0 Å². The molecule has 1 saturated heterocycles. The van der Waals surface area contributed by atoms with Crippen LogP contribution in [0.2, 0.25) is 0 Å². The van der Waals surface area contributed by atoms with Gasteiger partial charge in [0.25, 0.3) is 11.4 Å². The van der Waals surface area contributed by atoms with Crippen LogP contribution in [0.5, 0.6) is 0 Å². The summed E-state index contributed by atoms with van der Waals surface area (Å²) in [5, 5.41) is 14.7. The lowest BCUT2D eigenvalue weighted by molar-refractivity contribution is 0.0259. The Labute approximate surface area is 137 Å². The molecule has 1 aliphatic heterocycles. The van der Waals surface area contributed by atoms with E-state index in [9.17, 15) is 9.90 Å². The molecule has 0 spiro atoms. The van der Waals surface area contributed by atoms with Crippen molar-refractivity contribution in [1.82, 2.24) is 19.5 Å². The molecule has 0 aromatic carbocycles. The van der Waals surface area contributed by atoms with E-state index in [0.29, 0.717) is 36.7 Å². The van der Waals surface area contributed by atoms with Crippen LogP contribution < -0.4 is 10.5 Å². The van der Waals surface area contributed by atoms with E-state index < -0.39 is 5.60 Å². The normalized spacial score (nSPS) is 20.8. The summed E-state index contributed by atoms with van der Waals surface area (Å²) < 4.78 is 6.68. The highest BCUT2D eigenvalue weighted by atomic mass is 16.5. The minimum Gasteiger partial charge on any atom is -0.378 e. The van der Waals surface area contributed by atoms with E-state index in [4.69, 9.17) is 4.52 Å². The zero-order valence-corrected chi connectivity index (χ0v) is 13.2. The number of nitrogens with zero attached hydrogens (tertiary/aromatic N) is 5. The molecule has 8 heteroatoms. The first-order chi connectivity index (χ1) is 11.6. The van der Waals surface area contributed by atoms with Crippen LogP contribution in [-0.2, 0) is 12.0 Å². The molecule has 1 fully saturated rings. The first-order valence-electron chi connectivity index (χ1n) is 7.88. The number of aryl methyl sites for hydroxylation is 1. The Morgan fingerprint density at radius 3 is 3.04 bits per heavy atom. The van der Waals surface area contributed by atoms with Gasteiger partial charge in [0.2, 0.25) is 0 Å². The quantitative estimate of drug-likeness (QED) is 0.757. The van der Waals surface area contributed by atoms with Gasteiger partial charge in [-0.2, -0.15) is 4.98 Å². The standard InChI is InChI=1S/C16H17N5O3/c1-2-11-17-15(24-19-11)16(23)6-8-20(10-16)13-9-14(22)21-7-4-3-5-12(21)18-13/h3-5,7,9,23H,2,6,8,10H2,1H3.